The Morgan fingerprint density at radius 1 is 1.04 bits per heavy atom. The first-order valence-electron chi connectivity index (χ1n) is 7.60. The van der Waals surface area contributed by atoms with Gasteiger partial charge in [0.1, 0.15) is 17.2 Å². The highest BCUT2D eigenvalue weighted by molar-refractivity contribution is 5.91. The predicted octanol–water partition coefficient (Wildman–Crippen LogP) is 2.97. The van der Waals surface area contributed by atoms with Crippen molar-refractivity contribution in [2.24, 2.45) is 10.8 Å². The topological polar surface area (TPSA) is 60.1 Å². The minimum absolute atomic E-state index is 0.0426. The summed E-state index contributed by atoms with van der Waals surface area (Å²) in [7, 11) is 3.35. The van der Waals surface area contributed by atoms with E-state index in [1.165, 1.54) is 0 Å². The molecule has 1 atom stereocenters. The molecular weight excluding hydrogens is 290 g/mol. The van der Waals surface area contributed by atoms with Crippen LogP contribution in [0.15, 0.2) is 53.6 Å². The smallest absolute Gasteiger partial charge is 0.144 e. The van der Waals surface area contributed by atoms with Gasteiger partial charge in [-0.3, -0.25) is 5.01 Å². The predicted molar refractivity (Wildman–Crippen MR) is 92.3 cm³/mol. The maximum absolute atomic E-state index is 5.84. The van der Waals surface area contributed by atoms with Crippen molar-refractivity contribution >= 4 is 11.4 Å². The molecule has 0 amide bonds. The van der Waals surface area contributed by atoms with Crippen molar-refractivity contribution in [3.8, 4) is 11.5 Å². The van der Waals surface area contributed by atoms with Gasteiger partial charge in [0.2, 0.25) is 0 Å². The second kappa shape index (κ2) is 6.71. The SMILES string of the molecule is COc1ccccc1C1CC(CN)=NN1c1ccccc1OC. The minimum Gasteiger partial charge on any atom is -0.496 e. The first-order chi connectivity index (χ1) is 11.3. The number of rotatable bonds is 5. The van der Waals surface area contributed by atoms with Gasteiger partial charge in [0, 0.05) is 18.5 Å². The highest BCUT2D eigenvalue weighted by Crippen LogP contribution is 2.42. The van der Waals surface area contributed by atoms with E-state index >= 15 is 0 Å². The van der Waals surface area contributed by atoms with E-state index in [0.717, 1.165) is 34.9 Å². The van der Waals surface area contributed by atoms with Crippen molar-refractivity contribution in [2.75, 3.05) is 25.8 Å². The molecule has 2 aromatic carbocycles. The van der Waals surface area contributed by atoms with Gasteiger partial charge in [-0.2, -0.15) is 5.10 Å². The summed E-state index contributed by atoms with van der Waals surface area (Å²) in [5.74, 6) is 1.64. The van der Waals surface area contributed by atoms with E-state index in [1.54, 1.807) is 14.2 Å². The summed E-state index contributed by atoms with van der Waals surface area (Å²) >= 11 is 0. The van der Waals surface area contributed by atoms with E-state index in [4.69, 9.17) is 20.3 Å². The zero-order valence-corrected chi connectivity index (χ0v) is 13.4. The lowest BCUT2D eigenvalue weighted by molar-refractivity contribution is 0.403. The fraction of sp³-hybridized carbons (Fsp3) is 0.278. The summed E-state index contributed by atoms with van der Waals surface area (Å²) in [6.45, 7) is 0.442. The van der Waals surface area contributed by atoms with Crippen LogP contribution >= 0.6 is 0 Å². The Balaban J connectivity index is 2.06. The standard InChI is InChI=1S/C18H21N3O2/c1-22-17-9-5-3-7-14(17)16-11-13(12-19)20-21(16)15-8-4-6-10-18(15)23-2/h3-10,16H,11-12,19H2,1-2H3. The van der Waals surface area contributed by atoms with E-state index in [1.807, 2.05) is 47.5 Å². The van der Waals surface area contributed by atoms with E-state index < -0.39 is 0 Å². The molecule has 3 rings (SSSR count). The molecule has 1 aliphatic heterocycles. The number of methoxy groups -OCH3 is 2. The number of hydrazone groups is 1. The lowest BCUT2D eigenvalue weighted by Gasteiger charge is -2.26. The first kappa shape index (κ1) is 15.4. The van der Waals surface area contributed by atoms with Crippen LogP contribution in [0.4, 0.5) is 5.69 Å². The maximum Gasteiger partial charge on any atom is 0.144 e. The third kappa shape index (κ3) is 2.87. The zero-order chi connectivity index (χ0) is 16.2. The zero-order valence-electron chi connectivity index (χ0n) is 13.4. The molecule has 1 heterocycles. The van der Waals surface area contributed by atoms with Gasteiger partial charge < -0.3 is 15.2 Å². The molecule has 0 fully saturated rings. The van der Waals surface area contributed by atoms with Crippen molar-refractivity contribution in [1.82, 2.24) is 0 Å². The number of nitrogens with zero attached hydrogens (tertiary/aromatic N) is 2. The lowest BCUT2D eigenvalue weighted by Crippen LogP contribution is -2.20. The van der Waals surface area contributed by atoms with Crippen LogP contribution in [0.3, 0.4) is 0 Å². The summed E-state index contributed by atoms with van der Waals surface area (Å²) in [4.78, 5) is 0. The molecule has 1 aliphatic rings. The molecule has 5 nitrogen and oxygen atoms in total. The molecule has 0 aliphatic carbocycles. The summed E-state index contributed by atoms with van der Waals surface area (Å²) in [5, 5.41) is 6.69. The number of nitrogens with two attached hydrogens (primary N) is 1. The molecule has 0 saturated heterocycles. The van der Waals surface area contributed by atoms with Gasteiger partial charge in [-0.15, -0.1) is 0 Å². The van der Waals surface area contributed by atoms with Gasteiger partial charge in [-0.25, -0.2) is 0 Å². The lowest BCUT2D eigenvalue weighted by atomic mass is 10.00. The average Bonchev–Trinajstić information content (AvgIpc) is 3.05. The fourth-order valence-corrected chi connectivity index (χ4v) is 2.92. The second-order valence-corrected chi connectivity index (χ2v) is 5.35. The van der Waals surface area contributed by atoms with Crippen LogP contribution in [0.1, 0.15) is 18.0 Å². The Kier molecular flexibility index (Phi) is 4.48. The Bertz CT molecular complexity index is 715. The molecule has 0 radical (unpaired) electrons. The summed E-state index contributed by atoms with van der Waals surface area (Å²) in [6, 6.07) is 15.9. The van der Waals surface area contributed by atoms with Gasteiger partial charge >= 0.3 is 0 Å². The van der Waals surface area contributed by atoms with Crippen molar-refractivity contribution < 1.29 is 9.47 Å². The van der Waals surface area contributed by atoms with Gasteiger partial charge in [-0.1, -0.05) is 30.3 Å². The highest BCUT2D eigenvalue weighted by atomic mass is 16.5. The third-order valence-electron chi connectivity index (χ3n) is 4.04. The van der Waals surface area contributed by atoms with E-state index in [-0.39, 0.29) is 6.04 Å². The number of ether oxygens (including phenoxy) is 2. The maximum atomic E-state index is 5.84. The van der Waals surface area contributed by atoms with Crippen molar-refractivity contribution in [1.29, 1.82) is 0 Å². The minimum atomic E-state index is 0.0426. The summed E-state index contributed by atoms with van der Waals surface area (Å²) in [6.07, 6.45) is 0.773. The number of anilines is 1. The molecule has 0 aromatic heterocycles. The molecule has 2 N–H and O–H groups in total. The number of hydrogen-bond donors (Lipinski definition) is 1. The normalized spacial score (nSPS) is 17.1. The van der Waals surface area contributed by atoms with Crippen LogP contribution in [0.5, 0.6) is 11.5 Å². The Labute approximate surface area is 136 Å². The van der Waals surface area contributed by atoms with Crippen LogP contribution in [0.2, 0.25) is 0 Å². The van der Waals surface area contributed by atoms with Gasteiger partial charge in [0.25, 0.3) is 0 Å². The largest absolute Gasteiger partial charge is 0.496 e. The van der Waals surface area contributed by atoms with Crippen molar-refractivity contribution in [3.05, 3.63) is 54.1 Å². The van der Waals surface area contributed by atoms with Crippen LogP contribution in [-0.4, -0.2) is 26.5 Å². The third-order valence-corrected chi connectivity index (χ3v) is 4.04. The van der Waals surface area contributed by atoms with Gasteiger partial charge in [0.05, 0.1) is 26.0 Å². The Morgan fingerprint density at radius 3 is 2.39 bits per heavy atom. The molecule has 23 heavy (non-hydrogen) atoms. The van der Waals surface area contributed by atoms with Crippen LogP contribution in [0, 0.1) is 0 Å². The average molecular weight is 311 g/mol. The van der Waals surface area contributed by atoms with Crippen molar-refractivity contribution in [2.45, 2.75) is 12.5 Å². The molecule has 0 spiro atoms. The highest BCUT2D eigenvalue weighted by Gasteiger charge is 2.31. The summed E-state index contributed by atoms with van der Waals surface area (Å²) < 4.78 is 11.0. The van der Waals surface area contributed by atoms with Gasteiger partial charge in [-0.05, 0) is 18.2 Å². The monoisotopic (exact) mass is 311 g/mol. The molecule has 1 unspecified atom stereocenters. The number of para-hydroxylation sites is 3. The second-order valence-electron chi connectivity index (χ2n) is 5.35. The number of hydrogen-bond acceptors (Lipinski definition) is 5. The summed E-state index contributed by atoms with van der Waals surface area (Å²) in [5.41, 5.74) is 8.82. The Hall–Kier alpha value is -2.53. The van der Waals surface area contributed by atoms with Gasteiger partial charge in [0.15, 0.2) is 0 Å². The van der Waals surface area contributed by atoms with E-state index in [9.17, 15) is 0 Å². The molecule has 5 heteroatoms. The molecule has 0 bridgehead atoms. The van der Waals surface area contributed by atoms with E-state index in [2.05, 4.69) is 6.07 Å². The molecular formula is C18H21N3O2. The fourth-order valence-electron chi connectivity index (χ4n) is 2.92. The molecule has 0 saturated carbocycles. The number of benzene rings is 2. The molecule has 2 aromatic rings. The Morgan fingerprint density at radius 2 is 1.70 bits per heavy atom. The van der Waals surface area contributed by atoms with Crippen LogP contribution in [-0.2, 0) is 0 Å². The first-order valence-corrected chi connectivity index (χ1v) is 7.60. The van der Waals surface area contributed by atoms with Crippen molar-refractivity contribution in [3.63, 3.8) is 0 Å². The van der Waals surface area contributed by atoms with Crippen LogP contribution < -0.4 is 20.2 Å². The molecule has 120 valence electrons. The quantitative estimate of drug-likeness (QED) is 0.922. The van der Waals surface area contributed by atoms with Crippen LogP contribution in [0.25, 0.3) is 0 Å². The van der Waals surface area contributed by atoms with E-state index in [0.29, 0.717) is 6.54 Å².